The van der Waals surface area contributed by atoms with Gasteiger partial charge >= 0.3 is 0 Å². The molecular weight excluding hydrogens is 430 g/mol. The SMILES string of the molecule is O=C(COc1ccc(F)cc1Cl)Nc1ccc(Cl)c(-c2nnc3n2CCCCC3)c1. The Bertz CT molecular complexity index is 1090. The number of anilines is 1. The maximum atomic E-state index is 13.1. The van der Waals surface area contributed by atoms with E-state index in [-0.39, 0.29) is 23.3 Å². The monoisotopic (exact) mass is 448 g/mol. The Morgan fingerprint density at radius 3 is 2.80 bits per heavy atom. The van der Waals surface area contributed by atoms with Crippen LogP contribution in [0.3, 0.4) is 0 Å². The van der Waals surface area contributed by atoms with Gasteiger partial charge in [-0.2, -0.15) is 0 Å². The summed E-state index contributed by atoms with van der Waals surface area (Å²) in [6.45, 7) is 0.570. The summed E-state index contributed by atoms with van der Waals surface area (Å²) >= 11 is 12.3. The first kappa shape index (κ1) is 20.6. The van der Waals surface area contributed by atoms with E-state index in [9.17, 15) is 9.18 Å². The molecule has 0 spiro atoms. The van der Waals surface area contributed by atoms with E-state index >= 15 is 0 Å². The minimum absolute atomic E-state index is 0.101. The summed E-state index contributed by atoms with van der Waals surface area (Å²) in [6, 6.07) is 8.90. The molecule has 1 amide bonds. The lowest BCUT2D eigenvalue weighted by Crippen LogP contribution is -2.20. The molecule has 1 aliphatic rings. The van der Waals surface area contributed by atoms with Crippen molar-refractivity contribution in [2.45, 2.75) is 32.2 Å². The highest BCUT2D eigenvalue weighted by Crippen LogP contribution is 2.31. The summed E-state index contributed by atoms with van der Waals surface area (Å²) in [5.74, 6) is 1.02. The summed E-state index contributed by atoms with van der Waals surface area (Å²) in [5, 5.41) is 12.0. The lowest BCUT2D eigenvalue weighted by molar-refractivity contribution is -0.118. The molecule has 2 heterocycles. The fraction of sp³-hybridized carbons (Fsp3) is 0.286. The topological polar surface area (TPSA) is 69.0 Å². The minimum atomic E-state index is -0.475. The molecule has 0 aliphatic carbocycles. The molecule has 6 nitrogen and oxygen atoms in total. The van der Waals surface area contributed by atoms with Crippen molar-refractivity contribution in [3.8, 4) is 17.1 Å². The first-order valence-electron chi connectivity index (χ1n) is 9.61. The third kappa shape index (κ3) is 4.57. The van der Waals surface area contributed by atoms with Gasteiger partial charge in [0.25, 0.3) is 5.91 Å². The van der Waals surface area contributed by atoms with Gasteiger partial charge in [0.05, 0.1) is 10.0 Å². The van der Waals surface area contributed by atoms with Crippen LogP contribution in [0.25, 0.3) is 11.4 Å². The van der Waals surface area contributed by atoms with Crippen molar-refractivity contribution >= 4 is 34.8 Å². The van der Waals surface area contributed by atoms with Gasteiger partial charge in [0.2, 0.25) is 0 Å². The second kappa shape index (κ2) is 9.02. The number of nitrogens with one attached hydrogen (secondary N) is 1. The quantitative estimate of drug-likeness (QED) is 0.586. The van der Waals surface area contributed by atoms with Gasteiger partial charge in [-0.3, -0.25) is 4.79 Å². The van der Waals surface area contributed by atoms with Crippen LogP contribution in [0.15, 0.2) is 36.4 Å². The molecule has 3 aromatic rings. The molecule has 0 atom stereocenters. The largest absolute Gasteiger partial charge is 0.482 e. The number of halogens is 3. The Morgan fingerprint density at radius 1 is 1.10 bits per heavy atom. The number of benzene rings is 2. The van der Waals surface area contributed by atoms with Crippen molar-refractivity contribution in [3.63, 3.8) is 0 Å². The van der Waals surface area contributed by atoms with E-state index in [2.05, 4.69) is 20.1 Å². The Hall–Kier alpha value is -2.64. The highest BCUT2D eigenvalue weighted by molar-refractivity contribution is 6.33. The first-order chi connectivity index (χ1) is 14.5. The molecule has 0 fully saturated rings. The molecule has 0 radical (unpaired) electrons. The molecule has 0 unspecified atom stereocenters. The number of nitrogens with zero attached hydrogens (tertiary/aromatic N) is 3. The van der Waals surface area contributed by atoms with Gasteiger partial charge in [-0.15, -0.1) is 10.2 Å². The number of hydrogen-bond acceptors (Lipinski definition) is 4. The summed E-state index contributed by atoms with van der Waals surface area (Å²) in [7, 11) is 0. The number of ether oxygens (including phenoxy) is 1. The lowest BCUT2D eigenvalue weighted by atomic mass is 10.1. The Labute approximate surface area is 183 Å². The lowest BCUT2D eigenvalue weighted by Gasteiger charge is -2.12. The van der Waals surface area contributed by atoms with Crippen LogP contribution >= 0.6 is 23.2 Å². The second-order valence-corrected chi connectivity index (χ2v) is 7.82. The number of rotatable bonds is 5. The van der Waals surface area contributed by atoms with Gasteiger partial charge in [-0.05, 0) is 49.2 Å². The van der Waals surface area contributed by atoms with Crippen molar-refractivity contribution in [3.05, 3.63) is 58.1 Å². The predicted octanol–water partition coefficient (Wildman–Crippen LogP) is 5.13. The number of amides is 1. The number of hydrogen-bond donors (Lipinski definition) is 1. The summed E-state index contributed by atoms with van der Waals surface area (Å²) < 4.78 is 20.6. The molecule has 0 bridgehead atoms. The van der Waals surface area contributed by atoms with Crippen molar-refractivity contribution in [1.29, 1.82) is 0 Å². The first-order valence-corrected chi connectivity index (χ1v) is 10.4. The van der Waals surface area contributed by atoms with Crippen LogP contribution in [-0.4, -0.2) is 27.3 Å². The highest BCUT2D eigenvalue weighted by Gasteiger charge is 2.18. The Morgan fingerprint density at radius 2 is 1.97 bits per heavy atom. The van der Waals surface area contributed by atoms with Crippen molar-refractivity contribution in [1.82, 2.24) is 14.8 Å². The fourth-order valence-corrected chi connectivity index (χ4v) is 3.82. The third-order valence-corrected chi connectivity index (χ3v) is 5.48. The maximum absolute atomic E-state index is 13.1. The van der Waals surface area contributed by atoms with Crippen molar-refractivity contribution < 1.29 is 13.9 Å². The summed E-state index contributed by atoms with van der Waals surface area (Å²) in [5.41, 5.74) is 1.26. The molecule has 2 aromatic carbocycles. The minimum Gasteiger partial charge on any atom is -0.482 e. The zero-order chi connectivity index (χ0) is 21.1. The van der Waals surface area contributed by atoms with Crippen LogP contribution in [0.2, 0.25) is 10.0 Å². The van der Waals surface area contributed by atoms with Gasteiger partial charge in [0, 0.05) is 24.2 Å². The van der Waals surface area contributed by atoms with Crippen molar-refractivity contribution in [2.75, 3.05) is 11.9 Å². The van der Waals surface area contributed by atoms with Crippen molar-refractivity contribution in [2.24, 2.45) is 0 Å². The number of aryl methyl sites for hydroxylation is 1. The van der Waals surface area contributed by atoms with Gasteiger partial charge in [-0.1, -0.05) is 29.6 Å². The van der Waals surface area contributed by atoms with Gasteiger partial charge in [-0.25, -0.2) is 4.39 Å². The average Bonchev–Trinajstić information content (AvgIpc) is 2.96. The summed E-state index contributed by atoms with van der Waals surface area (Å²) in [4.78, 5) is 12.3. The Balaban J connectivity index is 1.48. The molecule has 9 heteroatoms. The zero-order valence-electron chi connectivity index (χ0n) is 16.0. The molecular formula is C21H19Cl2FN4O2. The number of fused-ring (bicyclic) bond motifs is 1. The average molecular weight is 449 g/mol. The van der Waals surface area contributed by atoms with Crippen LogP contribution in [0.4, 0.5) is 10.1 Å². The number of carbonyl (C=O) groups excluding carboxylic acids is 1. The molecule has 4 rings (SSSR count). The molecule has 0 saturated carbocycles. The standard InChI is InChI=1S/C21H19Cl2FN4O2/c22-16-7-6-14(25-20(29)12-30-18-8-5-13(24)10-17(18)23)11-15(16)21-27-26-19-4-2-1-3-9-28(19)21/h5-8,10-11H,1-4,9,12H2,(H,25,29). The van der Waals surface area contributed by atoms with E-state index in [1.54, 1.807) is 18.2 Å². The Kier molecular flexibility index (Phi) is 6.20. The van der Waals surface area contributed by atoms with E-state index in [0.29, 0.717) is 22.1 Å². The normalized spacial score (nSPS) is 13.4. The fourth-order valence-electron chi connectivity index (χ4n) is 3.39. The molecule has 1 N–H and O–H groups in total. The molecule has 156 valence electrons. The van der Waals surface area contributed by atoms with E-state index in [0.717, 1.165) is 44.1 Å². The predicted molar refractivity (Wildman–Crippen MR) is 114 cm³/mol. The van der Waals surface area contributed by atoms with Crippen LogP contribution < -0.4 is 10.1 Å². The highest BCUT2D eigenvalue weighted by atomic mass is 35.5. The molecule has 1 aliphatic heterocycles. The number of carbonyl (C=O) groups is 1. The van der Waals surface area contributed by atoms with E-state index in [1.807, 2.05) is 0 Å². The van der Waals surface area contributed by atoms with Crippen LogP contribution in [-0.2, 0) is 17.8 Å². The summed E-state index contributed by atoms with van der Waals surface area (Å²) in [6.07, 6.45) is 4.21. The molecule has 0 saturated heterocycles. The van der Waals surface area contributed by atoms with E-state index in [4.69, 9.17) is 27.9 Å². The second-order valence-electron chi connectivity index (χ2n) is 7.01. The van der Waals surface area contributed by atoms with Gasteiger partial charge < -0.3 is 14.6 Å². The maximum Gasteiger partial charge on any atom is 0.262 e. The van der Waals surface area contributed by atoms with Crippen LogP contribution in [0.1, 0.15) is 25.1 Å². The van der Waals surface area contributed by atoms with Crippen LogP contribution in [0, 0.1) is 5.82 Å². The zero-order valence-corrected chi connectivity index (χ0v) is 17.5. The van der Waals surface area contributed by atoms with Crippen LogP contribution in [0.5, 0.6) is 5.75 Å². The smallest absolute Gasteiger partial charge is 0.262 e. The molecule has 30 heavy (non-hydrogen) atoms. The third-order valence-electron chi connectivity index (χ3n) is 4.85. The van der Waals surface area contributed by atoms with E-state index in [1.165, 1.54) is 12.1 Å². The molecule has 1 aromatic heterocycles. The van der Waals surface area contributed by atoms with Gasteiger partial charge in [0.15, 0.2) is 12.4 Å². The number of aromatic nitrogens is 3. The van der Waals surface area contributed by atoms with E-state index < -0.39 is 5.82 Å². The van der Waals surface area contributed by atoms with Gasteiger partial charge in [0.1, 0.15) is 17.4 Å².